The zero-order chi connectivity index (χ0) is 17.7. The van der Waals surface area contributed by atoms with Crippen molar-refractivity contribution in [3.63, 3.8) is 0 Å². The van der Waals surface area contributed by atoms with Gasteiger partial charge in [-0.15, -0.1) is 0 Å². The Morgan fingerprint density at radius 3 is 2.68 bits per heavy atom. The van der Waals surface area contributed by atoms with Gasteiger partial charge in [-0.3, -0.25) is 24.6 Å². The van der Waals surface area contributed by atoms with Crippen LogP contribution in [0, 0.1) is 17.8 Å². The molecule has 2 aliphatic carbocycles. The number of carbonyl (C=O) groups is 3. The van der Waals surface area contributed by atoms with E-state index in [0.29, 0.717) is 41.9 Å². The lowest BCUT2D eigenvalue weighted by molar-refractivity contribution is -0.136. The van der Waals surface area contributed by atoms with E-state index >= 15 is 0 Å². The van der Waals surface area contributed by atoms with E-state index in [1.165, 1.54) is 0 Å². The topological polar surface area (TPSA) is 108 Å². The first-order chi connectivity index (χ1) is 12.0. The zero-order valence-corrected chi connectivity index (χ0v) is 14.2. The largest absolute Gasteiger partial charge is 0.499 e. The molecule has 0 bridgehead atoms. The van der Waals surface area contributed by atoms with Gasteiger partial charge < -0.3 is 15.2 Å². The monoisotopic (exact) mass is 349 g/mol. The average Bonchev–Trinajstić information content (AvgIpc) is 3.02. The number of piperidine rings is 2. The maximum atomic E-state index is 12.5. The number of nitrogens with zero attached hydrogens (tertiary/aromatic N) is 1. The highest BCUT2D eigenvalue weighted by molar-refractivity contribution is 6.04. The van der Waals surface area contributed by atoms with Crippen LogP contribution in [0.5, 0.6) is 0 Å². The second-order valence-corrected chi connectivity index (χ2v) is 7.37. The molecule has 0 spiro atoms. The van der Waals surface area contributed by atoms with Crippen LogP contribution in [0.2, 0.25) is 0 Å². The smallest absolute Gasteiger partial charge is 0.251 e. The molecule has 3 fully saturated rings. The van der Waals surface area contributed by atoms with Gasteiger partial charge in [0.25, 0.3) is 5.91 Å². The number of carbonyl (C=O) groups excluding carboxylic acids is 3. The fraction of sp³-hybridized carbons (Fsp3) is 0.706. The van der Waals surface area contributed by atoms with E-state index < -0.39 is 11.9 Å². The predicted molar refractivity (Wildman–Crippen MR) is 85.9 cm³/mol. The average molecular weight is 349 g/mol. The summed E-state index contributed by atoms with van der Waals surface area (Å²) >= 11 is 0. The molecule has 2 aliphatic heterocycles. The standard InChI is InChI=1S/C17H23N3O5/c1-25-15-8(16(23)18-12-2-3-14(22)19-17(12)24)4-13(15)20-5-9-10(6-20)11(9)7-21/h9-13,21H,2-7H2,1H3,(H,18,23)(H,19,22,24)/t9-,10+,11+,12?,13-/m1/s1. The molecular formula is C17H23N3O5. The molecule has 25 heavy (non-hydrogen) atoms. The fourth-order valence-corrected chi connectivity index (χ4v) is 4.50. The minimum absolute atomic E-state index is 0.111. The third kappa shape index (κ3) is 2.73. The van der Waals surface area contributed by atoms with Crippen molar-refractivity contribution in [3.05, 3.63) is 11.3 Å². The Balaban J connectivity index is 1.36. The number of aliphatic hydroxyl groups is 1. The Hall–Kier alpha value is -1.93. The number of fused-ring (bicyclic) bond motifs is 1. The van der Waals surface area contributed by atoms with Crippen molar-refractivity contribution in [2.24, 2.45) is 17.8 Å². The summed E-state index contributed by atoms with van der Waals surface area (Å²) in [4.78, 5) is 37.7. The normalized spacial score (nSPS) is 37.3. The molecule has 0 radical (unpaired) electrons. The molecule has 0 aromatic carbocycles. The van der Waals surface area contributed by atoms with Crippen LogP contribution < -0.4 is 10.6 Å². The van der Waals surface area contributed by atoms with Gasteiger partial charge in [0.05, 0.1) is 18.7 Å². The van der Waals surface area contributed by atoms with Gasteiger partial charge in [0.1, 0.15) is 11.8 Å². The molecule has 8 nitrogen and oxygen atoms in total. The van der Waals surface area contributed by atoms with Crippen LogP contribution >= 0.6 is 0 Å². The van der Waals surface area contributed by atoms with E-state index in [1.54, 1.807) is 7.11 Å². The number of nitrogens with one attached hydrogen (secondary N) is 2. The molecule has 0 aromatic rings. The molecule has 2 heterocycles. The number of hydrogen-bond donors (Lipinski definition) is 3. The molecule has 8 heteroatoms. The highest BCUT2D eigenvalue weighted by Crippen LogP contribution is 2.53. The van der Waals surface area contributed by atoms with Gasteiger partial charge in [-0.1, -0.05) is 0 Å². The lowest BCUT2D eigenvalue weighted by Crippen LogP contribution is -2.54. The van der Waals surface area contributed by atoms with Gasteiger partial charge in [0, 0.05) is 32.5 Å². The van der Waals surface area contributed by atoms with Crippen molar-refractivity contribution in [3.8, 4) is 0 Å². The van der Waals surface area contributed by atoms with Crippen molar-refractivity contribution in [1.82, 2.24) is 15.5 Å². The first-order valence-corrected chi connectivity index (χ1v) is 8.80. The van der Waals surface area contributed by atoms with Crippen LogP contribution in [0.4, 0.5) is 0 Å². The van der Waals surface area contributed by atoms with Gasteiger partial charge in [-0.05, 0) is 24.2 Å². The third-order valence-corrected chi connectivity index (χ3v) is 6.09. The van der Waals surface area contributed by atoms with Crippen LogP contribution in [0.1, 0.15) is 19.3 Å². The lowest BCUT2D eigenvalue weighted by atomic mass is 9.87. The van der Waals surface area contributed by atoms with E-state index in [0.717, 1.165) is 13.1 Å². The van der Waals surface area contributed by atoms with E-state index in [2.05, 4.69) is 15.5 Å². The SMILES string of the molecule is COC1=C(C(=O)NC2CCC(=O)NC2=O)C[C@H]1N1C[C@@H]2[C@@H](CO)[C@@H]2C1. The zero-order valence-electron chi connectivity index (χ0n) is 14.2. The summed E-state index contributed by atoms with van der Waals surface area (Å²) in [5.74, 6) is 1.22. The van der Waals surface area contributed by atoms with Gasteiger partial charge in [-0.2, -0.15) is 0 Å². The molecule has 0 aromatic heterocycles. The maximum absolute atomic E-state index is 12.5. The van der Waals surface area contributed by atoms with Crippen molar-refractivity contribution in [1.29, 1.82) is 0 Å². The summed E-state index contributed by atoms with van der Waals surface area (Å²) in [5.41, 5.74) is 0.580. The minimum atomic E-state index is -0.667. The quantitative estimate of drug-likeness (QED) is 0.536. The van der Waals surface area contributed by atoms with E-state index in [4.69, 9.17) is 4.74 Å². The second-order valence-electron chi connectivity index (χ2n) is 7.37. The third-order valence-electron chi connectivity index (χ3n) is 6.09. The Morgan fingerprint density at radius 1 is 1.36 bits per heavy atom. The number of hydrogen-bond acceptors (Lipinski definition) is 6. The molecule has 1 unspecified atom stereocenters. The Morgan fingerprint density at radius 2 is 2.08 bits per heavy atom. The van der Waals surface area contributed by atoms with Crippen LogP contribution in [0.3, 0.4) is 0 Å². The van der Waals surface area contributed by atoms with Crippen molar-refractivity contribution in [2.75, 3.05) is 26.8 Å². The summed E-state index contributed by atoms with van der Waals surface area (Å²) in [6.07, 6.45) is 1.16. The number of likely N-dealkylation sites (tertiary alicyclic amines) is 1. The van der Waals surface area contributed by atoms with Crippen LogP contribution in [0.25, 0.3) is 0 Å². The summed E-state index contributed by atoms with van der Waals surface area (Å²) < 4.78 is 5.45. The minimum Gasteiger partial charge on any atom is -0.499 e. The Kier molecular flexibility index (Phi) is 4.04. The first kappa shape index (κ1) is 16.5. The van der Waals surface area contributed by atoms with Gasteiger partial charge in [0.2, 0.25) is 11.8 Å². The number of imide groups is 1. The van der Waals surface area contributed by atoms with Gasteiger partial charge in [0.15, 0.2) is 0 Å². The van der Waals surface area contributed by atoms with E-state index in [9.17, 15) is 19.5 Å². The Bertz CT molecular complexity index is 649. The number of methoxy groups -OCH3 is 1. The van der Waals surface area contributed by atoms with Crippen LogP contribution in [0.15, 0.2) is 11.3 Å². The molecule has 3 amide bonds. The highest BCUT2D eigenvalue weighted by Gasteiger charge is 2.57. The molecule has 5 atom stereocenters. The Labute approximate surface area is 145 Å². The van der Waals surface area contributed by atoms with Crippen molar-refractivity contribution >= 4 is 17.7 Å². The summed E-state index contributed by atoms with van der Waals surface area (Å²) in [5, 5.41) is 14.2. The van der Waals surface area contributed by atoms with Gasteiger partial charge in [-0.25, -0.2) is 0 Å². The molecule has 136 valence electrons. The van der Waals surface area contributed by atoms with Crippen molar-refractivity contribution in [2.45, 2.75) is 31.3 Å². The highest BCUT2D eigenvalue weighted by atomic mass is 16.5. The number of rotatable bonds is 5. The van der Waals surface area contributed by atoms with E-state index in [-0.39, 0.29) is 30.9 Å². The van der Waals surface area contributed by atoms with Crippen LogP contribution in [-0.2, 0) is 19.1 Å². The predicted octanol–water partition coefficient (Wildman–Crippen LogP) is -1.25. The maximum Gasteiger partial charge on any atom is 0.251 e. The second kappa shape index (κ2) is 6.10. The molecule has 2 saturated heterocycles. The van der Waals surface area contributed by atoms with Crippen LogP contribution in [-0.4, -0.2) is 66.6 Å². The lowest BCUT2D eigenvalue weighted by Gasteiger charge is -2.39. The first-order valence-electron chi connectivity index (χ1n) is 8.80. The number of aliphatic hydroxyl groups excluding tert-OH is 1. The van der Waals surface area contributed by atoms with E-state index in [1.807, 2.05) is 0 Å². The molecule has 3 N–H and O–H groups in total. The molecular weight excluding hydrogens is 326 g/mol. The summed E-state index contributed by atoms with van der Waals surface area (Å²) in [7, 11) is 1.56. The molecule has 4 rings (SSSR count). The summed E-state index contributed by atoms with van der Waals surface area (Å²) in [6.45, 7) is 2.14. The summed E-state index contributed by atoms with van der Waals surface area (Å²) in [6, 6.07) is -0.556. The van der Waals surface area contributed by atoms with Crippen molar-refractivity contribution < 1.29 is 24.2 Å². The fourth-order valence-electron chi connectivity index (χ4n) is 4.50. The number of amides is 3. The molecule has 4 aliphatic rings. The number of ether oxygens (including phenoxy) is 1. The molecule has 1 saturated carbocycles. The van der Waals surface area contributed by atoms with Gasteiger partial charge >= 0.3 is 0 Å².